The van der Waals surface area contributed by atoms with Crippen LogP contribution in [0, 0.1) is 6.92 Å². The third kappa shape index (κ3) is 5.14. The van der Waals surface area contributed by atoms with Crippen molar-refractivity contribution in [2.45, 2.75) is 45.8 Å². The molecule has 0 N–H and O–H groups in total. The Bertz CT molecular complexity index is 881. The topological polar surface area (TPSA) is 49.3 Å². The standard InChI is InChI=1S/C20H25F3N4OS/c1-13-15(5-6-16(24-13)20(21,22)23)17(28)27-9-7-26(8-10-27)11-14-12-29-18(25-14)19(2,3)4/h5-6,12H,7-11H2,1-4H3. The van der Waals surface area contributed by atoms with Crippen LogP contribution in [0.1, 0.15) is 53.2 Å². The molecule has 0 bridgehead atoms. The number of nitrogens with zero attached hydrogens (tertiary/aromatic N) is 4. The zero-order chi connectivity index (χ0) is 21.4. The Hall–Kier alpha value is -2.00. The van der Waals surface area contributed by atoms with E-state index in [1.165, 1.54) is 13.0 Å². The van der Waals surface area contributed by atoms with Crippen LogP contribution in [0.3, 0.4) is 0 Å². The summed E-state index contributed by atoms with van der Waals surface area (Å²) in [6, 6.07) is 2.09. The van der Waals surface area contributed by atoms with Crippen LogP contribution >= 0.6 is 11.3 Å². The molecule has 5 nitrogen and oxygen atoms in total. The SMILES string of the molecule is Cc1nc(C(F)(F)F)ccc1C(=O)N1CCN(Cc2csc(C(C)(C)C)n2)CC1. The van der Waals surface area contributed by atoms with E-state index in [0.717, 1.165) is 23.3 Å². The Morgan fingerprint density at radius 1 is 1.10 bits per heavy atom. The largest absolute Gasteiger partial charge is 0.433 e. The first-order chi connectivity index (χ1) is 13.4. The number of alkyl halides is 3. The first-order valence-electron chi connectivity index (χ1n) is 9.46. The van der Waals surface area contributed by atoms with E-state index in [1.807, 2.05) is 0 Å². The smallest absolute Gasteiger partial charge is 0.336 e. The first-order valence-corrected chi connectivity index (χ1v) is 10.3. The van der Waals surface area contributed by atoms with Crippen LogP contribution < -0.4 is 0 Å². The van der Waals surface area contributed by atoms with Gasteiger partial charge >= 0.3 is 6.18 Å². The van der Waals surface area contributed by atoms with Crippen LogP contribution in [0.15, 0.2) is 17.5 Å². The molecule has 1 aliphatic rings. The molecule has 1 fully saturated rings. The minimum atomic E-state index is -4.51. The molecule has 3 heterocycles. The number of pyridine rings is 1. The van der Waals surface area contributed by atoms with Gasteiger partial charge in [-0.1, -0.05) is 20.8 Å². The van der Waals surface area contributed by atoms with Gasteiger partial charge in [0.05, 0.1) is 22.0 Å². The average molecular weight is 427 g/mol. The molecule has 0 aliphatic carbocycles. The molecule has 29 heavy (non-hydrogen) atoms. The number of amides is 1. The minimum absolute atomic E-state index is 0.0294. The van der Waals surface area contributed by atoms with Crippen molar-refractivity contribution in [1.82, 2.24) is 19.8 Å². The fourth-order valence-electron chi connectivity index (χ4n) is 3.18. The van der Waals surface area contributed by atoms with Crippen LogP contribution in [0.25, 0.3) is 0 Å². The van der Waals surface area contributed by atoms with Crippen molar-refractivity contribution in [3.05, 3.63) is 45.2 Å². The average Bonchev–Trinajstić information content (AvgIpc) is 3.10. The predicted molar refractivity (Wildman–Crippen MR) is 106 cm³/mol. The molecule has 1 amide bonds. The van der Waals surface area contributed by atoms with Gasteiger partial charge < -0.3 is 4.90 Å². The number of aryl methyl sites for hydroxylation is 1. The summed E-state index contributed by atoms with van der Waals surface area (Å²) < 4.78 is 38.3. The molecule has 0 unspecified atom stereocenters. The Kier molecular flexibility index (Phi) is 6.01. The number of rotatable bonds is 3. The van der Waals surface area contributed by atoms with Gasteiger partial charge in [0.2, 0.25) is 0 Å². The van der Waals surface area contributed by atoms with Gasteiger partial charge in [-0.2, -0.15) is 13.2 Å². The van der Waals surface area contributed by atoms with E-state index >= 15 is 0 Å². The van der Waals surface area contributed by atoms with Crippen molar-refractivity contribution in [3.63, 3.8) is 0 Å². The van der Waals surface area contributed by atoms with Gasteiger partial charge in [0.15, 0.2) is 0 Å². The fraction of sp³-hybridized carbons (Fsp3) is 0.550. The maximum absolute atomic E-state index is 12.8. The molecule has 3 rings (SSSR count). The lowest BCUT2D eigenvalue weighted by molar-refractivity contribution is -0.141. The lowest BCUT2D eigenvalue weighted by Gasteiger charge is -2.34. The van der Waals surface area contributed by atoms with Gasteiger partial charge in [0.25, 0.3) is 5.91 Å². The molecule has 9 heteroatoms. The molecule has 0 atom stereocenters. The Balaban J connectivity index is 1.59. The highest BCUT2D eigenvalue weighted by Gasteiger charge is 2.33. The molecular formula is C20H25F3N4OS. The van der Waals surface area contributed by atoms with Gasteiger partial charge in [-0.05, 0) is 19.1 Å². The molecule has 0 aromatic carbocycles. The second-order valence-corrected chi connectivity index (χ2v) is 9.15. The molecule has 0 saturated carbocycles. The molecule has 1 saturated heterocycles. The number of carbonyl (C=O) groups is 1. The van der Waals surface area contributed by atoms with Crippen LogP contribution in [-0.4, -0.2) is 51.9 Å². The summed E-state index contributed by atoms with van der Waals surface area (Å²) in [4.78, 5) is 24.9. The van der Waals surface area contributed by atoms with Crippen molar-refractivity contribution in [3.8, 4) is 0 Å². The summed E-state index contributed by atoms with van der Waals surface area (Å²) in [6.07, 6.45) is -4.51. The third-order valence-electron chi connectivity index (χ3n) is 4.85. The summed E-state index contributed by atoms with van der Waals surface area (Å²) in [5, 5.41) is 3.18. The second kappa shape index (κ2) is 8.02. The Morgan fingerprint density at radius 3 is 2.28 bits per heavy atom. The summed E-state index contributed by atoms with van der Waals surface area (Å²) in [6.45, 7) is 11.0. The van der Waals surface area contributed by atoms with Gasteiger partial charge in [-0.3, -0.25) is 9.69 Å². The number of aromatic nitrogens is 2. The zero-order valence-electron chi connectivity index (χ0n) is 17.0. The van der Waals surface area contributed by atoms with Crippen molar-refractivity contribution in [2.24, 2.45) is 0 Å². The quantitative estimate of drug-likeness (QED) is 0.741. The third-order valence-corrected chi connectivity index (χ3v) is 6.16. The van der Waals surface area contributed by atoms with Gasteiger partial charge in [0, 0.05) is 43.5 Å². The van der Waals surface area contributed by atoms with Gasteiger partial charge in [-0.25, -0.2) is 9.97 Å². The van der Waals surface area contributed by atoms with Crippen LogP contribution in [-0.2, 0) is 18.1 Å². The predicted octanol–water partition coefficient (Wildman–Crippen LogP) is 4.12. The highest BCUT2D eigenvalue weighted by atomic mass is 32.1. The molecule has 0 radical (unpaired) electrons. The normalized spacial score (nSPS) is 16.3. The van der Waals surface area contributed by atoms with Crippen molar-refractivity contribution >= 4 is 17.2 Å². The minimum Gasteiger partial charge on any atom is -0.336 e. The molecular weight excluding hydrogens is 401 g/mol. The van der Waals surface area contributed by atoms with Crippen molar-refractivity contribution < 1.29 is 18.0 Å². The number of piperazine rings is 1. The van der Waals surface area contributed by atoms with Gasteiger partial charge in [-0.15, -0.1) is 11.3 Å². The Labute approximate surface area is 172 Å². The van der Waals surface area contributed by atoms with Crippen molar-refractivity contribution in [2.75, 3.05) is 26.2 Å². The molecule has 1 aliphatic heterocycles. The van der Waals surface area contributed by atoms with Crippen LogP contribution in [0.2, 0.25) is 0 Å². The number of carbonyl (C=O) groups excluding carboxylic acids is 1. The summed E-state index contributed by atoms with van der Waals surface area (Å²) >= 11 is 1.66. The van der Waals surface area contributed by atoms with E-state index in [-0.39, 0.29) is 22.6 Å². The maximum Gasteiger partial charge on any atom is 0.433 e. The monoisotopic (exact) mass is 426 g/mol. The molecule has 2 aromatic rings. The molecule has 0 spiro atoms. The number of thiazole rings is 1. The van der Waals surface area contributed by atoms with E-state index in [2.05, 4.69) is 36.0 Å². The van der Waals surface area contributed by atoms with Crippen LogP contribution in [0.4, 0.5) is 13.2 Å². The van der Waals surface area contributed by atoms with E-state index < -0.39 is 11.9 Å². The highest BCUT2D eigenvalue weighted by Crippen LogP contribution is 2.29. The maximum atomic E-state index is 12.8. The van der Waals surface area contributed by atoms with E-state index in [9.17, 15) is 18.0 Å². The second-order valence-electron chi connectivity index (χ2n) is 8.29. The fourth-order valence-corrected chi connectivity index (χ4v) is 4.08. The van der Waals surface area contributed by atoms with E-state index in [1.54, 1.807) is 16.2 Å². The van der Waals surface area contributed by atoms with E-state index in [4.69, 9.17) is 4.98 Å². The summed E-state index contributed by atoms with van der Waals surface area (Å²) in [5.74, 6) is -0.271. The Morgan fingerprint density at radius 2 is 1.76 bits per heavy atom. The molecule has 2 aromatic heterocycles. The lowest BCUT2D eigenvalue weighted by Crippen LogP contribution is -2.48. The zero-order valence-corrected chi connectivity index (χ0v) is 17.8. The lowest BCUT2D eigenvalue weighted by atomic mass is 9.98. The van der Waals surface area contributed by atoms with Crippen molar-refractivity contribution in [1.29, 1.82) is 0 Å². The van der Waals surface area contributed by atoms with Crippen LogP contribution in [0.5, 0.6) is 0 Å². The van der Waals surface area contributed by atoms with Gasteiger partial charge in [0.1, 0.15) is 5.69 Å². The number of hydrogen-bond acceptors (Lipinski definition) is 5. The van der Waals surface area contributed by atoms with E-state index in [0.29, 0.717) is 26.2 Å². The summed E-state index contributed by atoms with van der Waals surface area (Å²) in [5.41, 5.74) is 0.406. The number of hydrogen-bond donors (Lipinski definition) is 0. The highest BCUT2D eigenvalue weighted by molar-refractivity contribution is 7.09. The number of halogens is 3. The molecule has 158 valence electrons. The summed E-state index contributed by atoms with van der Waals surface area (Å²) in [7, 11) is 0. The first kappa shape index (κ1) is 21.7.